The number of nitrogens with zero attached hydrogens (tertiary/aromatic N) is 1. The van der Waals surface area contributed by atoms with E-state index in [1.807, 2.05) is 54.6 Å². The van der Waals surface area contributed by atoms with Gasteiger partial charge in [-0.2, -0.15) is 5.26 Å². The van der Waals surface area contributed by atoms with E-state index in [-0.39, 0.29) is 11.2 Å². The third kappa shape index (κ3) is 3.77. The molecule has 4 rings (SSSR count). The van der Waals surface area contributed by atoms with E-state index in [1.165, 1.54) is 5.56 Å². The summed E-state index contributed by atoms with van der Waals surface area (Å²) in [5.41, 5.74) is 3.47. The number of benzene rings is 3. The second kappa shape index (κ2) is 8.10. The van der Waals surface area contributed by atoms with Crippen LogP contribution in [0.15, 0.2) is 77.7 Å². The van der Waals surface area contributed by atoms with Crippen LogP contribution in [0.1, 0.15) is 22.6 Å². The number of carbonyl (C=O) groups excluding carboxylic acids is 1. The van der Waals surface area contributed by atoms with Crippen molar-refractivity contribution in [2.75, 3.05) is 5.32 Å². The topological polar surface area (TPSA) is 52.9 Å². The number of halogens is 1. The molecule has 0 spiro atoms. The minimum absolute atomic E-state index is 0.0371. The lowest BCUT2D eigenvalue weighted by Gasteiger charge is -2.14. The number of hydrogen-bond donors (Lipinski definition) is 1. The molecule has 3 aromatic rings. The molecule has 1 aliphatic heterocycles. The fourth-order valence-corrected chi connectivity index (χ4v) is 4.84. The molecule has 1 aliphatic rings. The van der Waals surface area contributed by atoms with E-state index >= 15 is 0 Å². The van der Waals surface area contributed by atoms with Crippen molar-refractivity contribution in [1.82, 2.24) is 0 Å². The zero-order valence-electron chi connectivity index (χ0n) is 14.9. The van der Waals surface area contributed by atoms with Crippen molar-refractivity contribution in [3.63, 3.8) is 0 Å². The van der Waals surface area contributed by atoms with Crippen LogP contribution in [-0.2, 0) is 11.2 Å². The largest absolute Gasteiger partial charge is 0.325 e. The van der Waals surface area contributed by atoms with Crippen molar-refractivity contribution in [2.24, 2.45) is 0 Å². The molecule has 0 saturated carbocycles. The van der Waals surface area contributed by atoms with Crippen molar-refractivity contribution < 1.29 is 4.79 Å². The van der Waals surface area contributed by atoms with Crippen LogP contribution < -0.4 is 5.32 Å². The van der Waals surface area contributed by atoms with Gasteiger partial charge in [-0.3, -0.25) is 4.79 Å². The number of fused-ring (bicyclic) bond motifs is 1. The first-order chi connectivity index (χ1) is 13.7. The van der Waals surface area contributed by atoms with Gasteiger partial charge in [0, 0.05) is 15.6 Å². The maximum absolute atomic E-state index is 12.7. The summed E-state index contributed by atoms with van der Waals surface area (Å²) < 4.78 is 0. The predicted octanol–water partition coefficient (Wildman–Crippen LogP) is 5.65. The molecule has 138 valence electrons. The first kappa shape index (κ1) is 18.6. The zero-order chi connectivity index (χ0) is 19.5. The Morgan fingerprint density at radius 1 is 1.11 bits per heavy atom. The lowest BCUT2D eigenvalue weighted by molar-refractivity contribution is -0.115. The Hall–Kier alpha value is -2.74. The fraction of sp³-hybridized carbons (Fsp3) is 0.130. The molecule has 1 amide bonds. The van der Waals surface area contributed by atoms with Gasteiger partial charge in [0.25, 0.3) is 0 Å². The number of hydrogen-bond acceptors (Lipinski definition) is 3. The molecule has 1 heterocycles. The van der Waals surface area contributed by atoms with E-state index in [2.05, 4.69) is 17.5 Å². The number of anilines is 1. The molecule has 0 bridgehead atoms. The highest BCUT2D eigenvalue weighted by molar-refractivity contribution is 8.01. The fourth-order valence-electron chi connectivity index (χ4n) is 3.36. The number of thioether (sulfide) groups is 1. The summed E-state index contributed by atoms with van der Waals surface area (Å²) in [5.74, 6) is -0.483. The number of nitrogens with one attached hydrogen (secondary N) is 1. The minimum atomic E-state index is -0.446. The van der Waals surface area contributed by atoms with Crippen molar-refractivity contribution in [2.45, 2.75) is 22.5 Å². The average Bonchev–Trinajstić information content (AvgIpc) is 3.15. The zero-order valence-corrected chi connectivity index (χ0v) is 16.5. The van der Waals surface area contributed by atoms with Gasteiger partial charge in [0.2, 0.25) is 5.91 Å². The van der Waals surface area contributed by atoms with E-state index in [0.717, 1.165) is 22.4 Å². The summed E-state index contributed by atoms with van der Waals surface area (Å²) >= 11 is 8.05. The van der Waals surface area contributed by atoms with Crippen LogP contribution in [0.4, 0.5) is 5.69 Å². The number of nitriles is 1. The number of amides is 1. The first-order valence-corrected chi connectivity index (χ1v) is 10.2. The summed E-state index contributed by atoms with van der Waals surface area (Å²) in [6.45, 7) is 0. The Bertz CT molecular complexity index is 1040. The van der Waals surface area contributed by atoms with E-state index in [9.17, 15) is 10.1 Å². The van der Waals surface area contributed by atoms with E-state index < -0.39 is 5.92 Å². The Morgan fingerprint density at radius 3 is 2.57 bits per heavy atom. The van der Waals surface area contributed by atoms with Crippen LogP contribution in [0.25, 0.3) is 0 Å². The van der Waals surface area contributed by atoms with Crippen molar-refractivity contribution >= 4 is 35.0 Å². The lowest BCUT2D eigenvalue weighted by atomic mass is 9.92. The third-order valence-corrected chi connectivity index (χ3v) is 6.43. The van der Waals surface area contributed by atoms with Gasteiger partial charge in [0.1, 0.15) is 0 Å². The Morgan fingerprint density at radius 2 is 1.86 bits per heavy atom. The standard InChI is InChI=1S/C23H17ClN2OS/c24-20-13-17(10-11-18(20)19(14-25)15-6-2-1-3-7-15)26-23(27)22-12-16-8-4-5-9-21(16)28-22/h1-11,13,19,22H,12H2,(H,26,27)/t19-,22-/m1/s1. The molecule has 2 atom stereocenters. The second-order valence-corrected chi connectivity index (χ2v) is 8.27. The van der Waals surface area contributed by atoms with Gasteiger partial charge in [-0.15, -0.1) is 11.8 Å². The van der Waals surface area contributed by atoms with Crippen LogP contribution in [0.3, 0.4) is 0 Å². The molecular formula is C23H17ClN2OS. The highest BCUT2D eigenvalue weighted by Crippen LogP contribution is 2.37. The maximum Gasteiger partial charge on any atom is 0.238 e. The van der Waals surface area contributed by atoms with Gasteiger partial charge >= 0.3 is 0 Å². The number of rotatable bonds is 4. The molecule has 5 heteroatoms. The summed E-state index contributed by atoms with van der Waals surface area (Å²) in [6.07, 6.45) is 0.725. The van der Waals surface area contributed by atoms with Crippen molar-refractivity contribution in [3.8, 4) is 6.07 Å². The molecule has 3 nitrogen and oxygen atoms in total. The van der Waals surface area contributed by atoms with Gasteiger partial charge in [-0.1, -0.05) is 66.2 Å². The highest BCUT2D eigenvalue weighted by Gasteiger charge is 2.28. The smallest absolute Gasteiger partial charge is 0.238 e. The molecule has 1 N–H and O–H groups in total. The minimum Gasteiger partial charge on any atom is -0.325 e. The Labute approximate surface area is 173 Å². The summed E-state index contributed by atoms with van der Waals surface area (Å²) in [7, 11) is 0. The Balaban J connectivity index is 1.49. The van der Waals surface area contributed by atoms with Crippen LogP contribution in [0.2, 0.25) is 5.02 Å². The molecule has 0 fully saturated rings. The van der Waals surface area contributed by atoms with E-state index in [1.54, 1.807) is 23.9 Å². The van der Waals surface area contributed by atoms with Gasteiger partial charge in [0.05, 0.1) is 17.2 Å². The third-order valence-electron chi connectivity index (χ3n) is 4.78. The maximum atomic E-state index is 12.7. The average molecular weight is 405 g/mol. The van der Waals surface area contributed by atoms with Gasteiger partial charge in [-0.05, 0) is 41.3 Å². The molecule has 0 radical (unpaired) electrons. The number of carbonyl (C=O) groups is 1. The first-order valence-electron chi connectivity index (χ1n) is 8.95. The van der Waals surface area contributed by atoms with Crippen LogP contribution in [0.5, 0.6) is 0 Å². The molecule has 3 aromatic carbocycles. The van der Waals surface area contributed by atoms with Gasteiger partial charge in [0.15, 0.2) is 0 Å². The molecule has 0 unspecified atom stereocenters. The SMILES string of the molecule is N#C[C@H](c1ccccc1)c1ccc(NC(=O)[C@H]2Cc3ccccc3S2)cc1Cl. The van der Waals surface area contributed by atoms with Crippen molar-refractivity contribution in [3.05, 3.63) is 94.5 Å². The summed E-state index contributed by atoms with van der Waals surface area (Å²) in [4.78, 5) is 13.8. The lowest BCUT2D eigenvalue weighted by Crippen LogP contribution is -2.24. The van der Waals surface area contributed by atoms with Gasteiger partial charge in [-0.25, -0.2) is 0 Å². The molecule has 28 heavy (non-hydrogen) atoms. The predicted molar refractivity (Wildman–Crippen MR) is 114 cm³/mol. The highest BCUT2D eigenvalue weighted by atomic mass is 35.5. The molecular weight excluding hydrogens is 388 g/mol. The van der Waals surface area contributed by atoms with Crippen LogP contribution in [-0.4, -0.2) is 11.2 Å². The summed E-state index contributed by atoms with van der Waals surface area (Å²) in [6, 6.07) is 25.3. The van der Waals surface area contributed by atoms with Crippen LogP contribution >= 0.6 is 23.4 Å². The Kier molecular flexibility index (Phi) is 5.38. The molecule has 0 aliphatic carbocycles. The van der Waals surface area contributed by atoms with E-state index in [0.29, 0.717) is 10.7 Å². The normalized spacial score (nSPS) is 16.1. The van der Waals surface area contributed by atoms with Gasteiger partial charge < -0.3 is 5.32 Å². The monoisotopic (exact) mass is 404 g/mol. The summed E-state index contributed by atoms with van der Waals surface area (Å²) in [5, 5.41) is 12.9. The molecule has 0 aromatic heterocycles. The quantitative estimate of drug-likeness (QED) is 0.611. The van der Waals surface area contributed by atoms with E-state index in [4.69, 9.17) is 11.6 Å². The van der Waals surface area contributed by atoms with Crippen molar-refractivity contribution in [1.29, 1.82) is 5.26 Å². The van der Waals surface area contributed by atoms with Crippen LogP contribution in [0, 0.1) is 11.3 Å². The second-order valence-electron chi connectivity index (χ2n) is 6.62. The molecule has 0 saturated heterocycles.